The number of carbonyl (C=O) groups excluding carboxylic acids is 2. The van der Waals surface area contributed by atoms with E-state index in [0.717, 1.165) is 31.6 Å². The minimum atomic E-state index is -1.19. The fourth-order valence-corrected chi connectivity index (χ4v) is 6.06. The molecule has 1 unspecified atom stereocenters. The summed E-state index contributed by atoms with van der Waals surface area (Å²) in [5.41, 5.74) is 2.13. The Labute approximate surface area is 286 Å². The molecule has 14 nitrogen and oxygen atoms in total. The number of aliphatic hydroxyl groups is 1. The average Bonchev–Trinajstić information content (AvgIpc) is 3.69. The molecule has 2 aromatic heterocycles. The molecule has 2 aliphatic heterocycles. The van der Waals surface area contributed by atoms with Gasteiger partial charge in [0.1, 0.15) is 12.9 Å². The maximum atomic E-state index is 15.0. The van der Waals surface area contributed by atoms with Gasteiger partial charge in [0, 0.05) is 74.5 Å². The molecule has 16 heteroatoms. The Morgan fingerprint density at radius 3 is 2.56 bits per heavy atom. The number of nitrogens with one attached hydrogen (secondary N) is 2. The Bertz CT molecular complexity index is 1860. The first-order valence-electron chi connectivity index (χ1n) is 15.6. The standard InChI is InChI=1S/C32H34F2N8O3.CH2O2.CH2O/c1-20-15-21(3-4-23(20)31(43)41-12-10-40(11-13-41)18-22-16-32(2,44)19-38-22)39-29-30-37-17-25(42(30)9-8-36-29)24-5-6-26(45-14-7-35)28(34)27(24)33;2-1-3;1-2/h3-6,8-9,15,17,22,38,44H,10-14,16,18-19H2,1-2H3,(H,36,39);1H,(H,2,3);1H2/t22?,32-;;/m0../s1. The zero-order valence-corrected chi connectivity index (χ0v) is 27.6. The van der Waals surface area contributed by atoms with Crippen molar-refractivity contribution in [1.29, 1.82) is 5.26 Å². The molecule has 50 heavy (non-hydrogen) atoms. The van der Waals surface area contributed by atoms with Gasteiger partial charge in [-0.2, -0.15) is 9.65 Å². The van der Waals surface area contributed by atoms with Crippen LogP contribution in [0.5, 0.6) is 5.75 Å². The van der Waals surface area contributed by atoms with E-state index < -0.39 is 23.8 Å². The lowest BCUT2D eigenvalue weighted by molar-refractivity contribution is -0.122. The van der Waals surface area contributed by atoms with E-state index in [2.05, 4.69) is 25.5 Å². The lowest BCUT2D eigenvalue weighted by Crippen LogP contribution is -2.51. The van der Waals surface area contributed by atoms with Gasteiger partial charge in [-0.25, -0.2) is 14.4 Å². The van der Waals surface area contributed by atoms with Crippen molar-refractivity contribution < 1.29 is 38.1 Å². The van der Waals surface area contributed by atoms with Gasteiger partial charge in [0.05, 0.1) is 17.5 Å². The first-order chi connectivity index (χ1) is 24.0. The van der Waals surface area contributed by atoms with Gasteiger partial charge >= 0.3 is 0 Å². The second-order valence-electron chi connectivity index (χ2n) is 11.9. The average molecular weight is 693 g/mol. The van der Waals surface area contributed by atoms with Crippen LogP contribution in [0.2, 0.25) is 0 Å². The van der Waals surface area contributed by atoms with Gasteiger partial charge < -0.3 is 35.3 Å². The number of amides is 1. The lowest BCUT2D eigenvalue weighted by atomic mass is 10.0. The molecule has 2 saturated heterocycles. The largest absolute Gasteiger partial charge is 0.483 e. The van der Waals surface area contributed by atoms with Crippen molar-refractivity contribution in [3.05, 3.63) is 71.7 Å². The van der Waals surface area contributed by atoms with Crippen LogP contribution in [0.4, 0.5) is 20.3 Å². The number of carbonyl (C=O) groups is 3. The molecule has 0 radical (unpaired) electrons. The summed E-state index contributed by atoms with van der Waals surface area (Å²) in [4.78, 5) is 42.8. The Balaban J connectivity index is 0.00000107. The third-order valence-corrected chi connectivity index (χ3v) is 8.36. The third kappa shape index (κ3) is 8.55. The molecule has 2 atom stereocenters. The van der Waals surface area contributed by atoms with Crippen molar-refractivity contribution in [2.75, 3.05) is 51.2 Å². The summed E-state index contributed by atoms with van der Waals surface area (Å²) in [7, 11) is 0. The van der Waals surface area contributed by atoms with Gasteiger partial charge in [-0.05, 0) is 56.2 Å². The summed E-state index contributed by atoms with van der Waals surface area (Å²) in [6, 6.07) is 10.1. The number of aromatic nitrogens is 3. The van der Waals surface area contributed by atoms with Crippen molar-refractivity contribution in [2.45, 2.75) is 31.9 Å². The molecule has 2 aliphatic rings. The van der Waals surface area contributed by atoms with Crippen LogP contribution in [0, 0.1) is 29.9 Å². The molecule has 0 saturated carbocycles. The summed E-state index contributed by atoms with van der Waals surface area (Å²) in [5.74, 6) is -2.27. The number of nitriles is 1. The Hall–Kier alpha value is -5.50. The molecule has 6 rings (SSSR count). The Morgan fingerprint density at radius 2 is 1.92 bits per heavy atom. The van der Waals surface area contributed by atoms with Gasteiger partial charge in [0.15, 0.2) is 29.6 Å². The molecule has 4 heterocycles. The van der Waals surface area contributed by atoms with Gasteiger partial charge in [0.25, 0.3) is 12.4 Å². The van der Waals surface area contributed by atoms with Gasteiger partial charge in [-0.1, -0.05) is 0 Å². The Morgan fingerprint density at radius 1 is 1.20 bits per heavy atom. The number of hydrogen-bond donors (Lipinski definition) is 4. The molecule has 1 amide bonds. The van der Waals surface area contributed by atoms with Crippen LogP contribution in [0.15, 0.2) is 48.9 Å². The summed E-state index contributed by atoms with van der Waals surface area (Å²) in [6.07, 6.45) is 5.27. The van der Waals surface area contributed by atoms with E-state index in [1.807, 2.05) is 31.6 Å². The van der Waals surface area contributed by atoms with E-state index in [1.165, 1.54) is 24.5 Å². The van der Waals surface area contributed by atoms with Crippen molar-refractivity contribution >= 4 is 36.3 Å². The number of piperazine rings is 1. The van der Waals surface area contributed by atoms with E-state index in [-0.39, 0.29) is 29.7 Å². The molecule has 0 spiro atoms. The maximum Gasteiger partial charge on any atom is 0.290 e. The predicted octanol–water partition coefficient (Wildman–Crippen LogP) is 3.02. The van der Waals surface area contributed by atoms with E-state index in [1.54, 1.807) is 28.8 Å². The monoisotopic (exact) mass is 692 g/mol. The highest BCUT2D eigenvalue weighted by molar-refractivity contribution is 5.96. The fraction of sp³-hybridized carbons (Fsp3) is 0.353. The number of carboxylic acid groups (broad SMARTS) is 1. The zero-order chi connectivity index (χ0) is 36.4. The summed E-state index contributed by atoms with van der Waals surface area (Å²) < 4.78 is 36.1. The van der Waals surface area contributed by atoms with E-state index in [9.17, 15) is 18.7 Å². The molecule has 4 N–H and O–H groups in total. The second-order valence-corrected chi connectivity index (χ2v) is 11.9. The van der Waals surface area contributed by atoms with E-state index >= 15 is 0 Å². The maximum absolute atomic E-state index is 15.0. The highest BCUT2D eigenvalue weighted by Crippen LogP contribution is 2.32. The molecular formula is C34H38F2N8O6. The van der Waals surface area contributed by atoms with Crippen molar-refractivity contribution in [1.82, 2.24) is 29.5 Å². The van der Waals surface area contributed by atoms with Crippen LogP contribution >= 0.6 is 0 Å². The highest BCUT2D eigenvalue weighted by atomic mass is 19.2. The predicted molar refractivity (Wildman–Crippen MR) is 179 cm³/mol. The third-order valence-electron chi connectivity index (χ3n) is 8.36. The minimum absolute atomic E-state index is 0.0166. The van der Waals surface area contributed by atoms with Crippen molar-refractivity contribution in [2.24, 2.45) is 0 Å². The molecule has 4 aromatic rings. The molecule has 0 bridgehead atoms. The summed E-state index contributed by atoms with van der Waals surface area (Å²) in [6.45, 7) is 9.38. The van der Waals surface area contributed by atoms with Crippen LogP contribution < -0.4 is 15.4 Å². The van der Waals surface area contributed by atoms with Crippen LogP contribution in [-0.4, -0.2) is 111 Å². The minimum Gasteiger partial charge on any atom is -0.483 e. The van der Waals surface area contributed by atoms with E-state index in [0.29, 0.717) is 48.0 Å². The molecule has 0 aliphatic carbocycles. The summed E-state index contributed by atoms with van der Waals surface area (Å²) >= 11 is 0. The molecular weight excluding hydrogens is 654 g/mol. The second kappa shape index (κ2) is 16.7. The van der Waals surface area contributed by atoms with Crippen LogP contribution in [-0.2, 0) is 9.59 Å². The topological polar surface area (TPSA) is 185 Å². The highest BCUT2D eigenvalue weighted by Gasteiger charge is 2.34. The van der Waals surface area contributed by atoms with Gasteiger partial charge in [0.2, 0.25) is 5.82 Å². The van der Waals surface area contributed by atoms with Crippen LogP contribution in [0.1, 0.15) is 29.3 Å². The van der Waals surface area contributed by atoms with Gasteiger partial charge in [-0.15, -0.1) is 0 Å². The zero-order valence-electron chi connectivity index (χ0n) is 27.6. The number of anilines is 2. The number of nitrogens with zero attached hydrogens (tertiary/aromatic N) is 6. The number of halogens is 2. The SMILES string of the molecule is C=O.Cc1cc(Nc2nccn3c(-c4ccc(OCC#N)c(F)c4F)cnc23)ccc1C(=O)N1CCN(CC2C[C@](C)(O)CN2)CC1.O=CO. The molecule has 2 aromatic carbocycles. The van der Waals surface area contributed by atoms with Gasteiger partial charge in [-0.3, -0.25) is 18.9 Å². The van der Waals surface area contributed by atoms with E-state index in [4.69, 9.17) is 24.7 Å². The summed E-state index contributed by atoms with van der Waals surface area (Å²) in [5, 5.41) is 32.4. The lowest BCUT2D eigenvalue weighted by Gasteiger charge is -2.36. The molecule has 2 fully saturated rings. The first-order valence-corrected chi connectivity index (χ1v) is 15.6. The number of rotatable bonds is 8. The number of ether oxygens (including phenoxy) is 1. The number of benzene rings is 2. The number of hydrogen-bond acceptors (Lipinski definition) is 11. The molecule has 264 valence electrons. The number of β-amino-alcohol motifs (C(OH)–C–C–N with tert-alkyl or cyclic N) is 1. The quantitative estimate of drug-likeness (QED) is 0.198. The smallest absolute Gasteiger partial charge is 0.290 e. The fourth-order valence-electron chi connectivity index (χ4n) is 6.06. The number of imidazole rings is 1. The van der Waals surface area contributed by atoms with Crippen LogP contribution in [0.3, 0.4) is 0 Å². The first kappa shape index (κ1) is 37.3. The number of fused-ring (bicyclic) bond motifs is 1. The normalized spacial score (nSPS) is 18.6. The Kier molecular flexibility index (Phi) is 12.5. The van der Waals surface area contributed by atoms with Crippen molar-refractivity contribution in [3.63, 3.8) is 0 Å². The van der Waals surface area contributed by atoms with Crippen molar-refractivity contribution in [3.8, 4) is 23.1 Å². The number of aryl methyl sites for hydroxylation is 1. The van der Waals surface area contributed by atoms with Crippen LogP contribution in [0.25, 0.3) is 16.9 Å².